The average molecular weight is 149 g/mol. The Labute approximate surface area is 59.5 Å². The lowest BCUT2D eigenvalue weighted by molar-refractivity contribution is -1.31. The zero-order valence-corrected chi connectivity index (χ0v) is 6.29. The van der Waals surface area contributed by atoms with Gasteiger partial charge >= 0.3 is 6.41 Å². The summed E-state index contributed by atoms with van der Waals surface area (Å²) in [5, 5.41) is 0. The number of hydrogen-bond acceptors (Lipinski definition) is 4. The van der Waals surface area contributed by atoms with Gasteiger partial charge in [0.2, 0.25) is 0 Å². The fraction of sp³-hybridized carbons (Fsp3) is 0.800. The molecule has 0 saturated carbocycles. The number of quaternary nitrogens is 1. The molecule has 0 aliphatic heterocycles. The van der Waals surface area contributed by atoms with Crippen LogP contribution in [0, 0.1) is 0 Å². The third kappa shape index (κ3) is 2.03. The molecule has 1 radical (unpaired) electrons. The molecular formula is C5H11NO4+. The third-order valence-electron chi connectivity index (χ3n) is 0.892. The van der Waals surface area contributed by atoms with E-state index in [1.54, 1.807) is 6.92 Å². The van der Waals surface area contributed by atoms with Crippen LogP contribution < -0.4 is 0 Å². The maximum Gasteiger partial charge on any atom is 0.553 e. The summed E-state index contributed by atoms with van der Waals surface area (Å²) in [6, 6.07) is 0. The van der Waals surface area contributed by atoms with Gasteiger partial charge in [-0.1, -0.05) is 0 Å². The van der Waals surface area contributed by atoms with E-state index in [0.29, 0.717) is 6.61 Å². The Kier molecular flexibility index (Phi) is 4.13. The van der Waals surface area contributed by atoms with Crippen molar-refractivity contribution in [1.29, 1.82) is 0 Å². The molecule has 0 atom stereocenters. The Balaban J connectivity index is 4.00. The van der Waals surface area contributed by atoms with Crippen LogP contribution in [-0.2, 0) is 19.3 Å². The first-order valence-corrected chi connectivity index (χ1v) is 2.79. The van der Waals surface area contributed by atoms with Crippen LogP contribution in [0.25, 0.3) is 0 Å². The summed E-state index contributed by atoms with van der Waals surface area (Å²) in [5.41, 5.74) is 0. The van der Waals surface area contributed by atoms with Crippen molar-refractivity contribution >= 4 is 6.41 Å². The van der Waals surface area contributed by atoms with E-state index in [1.807, 2.05) is 0 Å². The molecule has 0 aromatic rings. The first kappa shape index (κ1) is 9.51. The fourth-order valence-electron chi connectivity index (χ4n) is 0.451. The van der Waals surface area contributed by atoms with E-state index in [4.69, 9.17) is 4.84 Å². The standard InChI is InChI=1S/C5H11NO4/c1-4-10-6(5-7,8-2)9-3/h4H2,1-3H3/q+1. The highest BCUT2D eigenvalue weighted by Crippen LogP contribution is 2.03. The first-order chi connectivity index (χ1) is 4.74. The number of hydroxylamine groups is 3. The van der Waals surface area contributed by atoms with Gasteiger partial charge in [0, 0.05) is 0 Å². The minimum Gasteiger partial charge on any atom is -0.204 e. The molecule has 0 N–H and O–H groups in total. The number of nitrogens with zero attached hydrogens (tertiary/aromatic N) is 1. The molecule has 0 saturated heterocycles. The van der Waals surface area contributed by atoms with Crippen molar-refractivity contribution < 1.29 is 24.3 Å². The predicted molar refractivity (Wildman–Crippen MR) is 31.6 cm³/mol. The van der Waals surface area contributed by atoms with Gasteiger partial charge < -0.3 is 0 Å². The second-order valence-corrected chi connectivity index (χ2v) is 1.37. The predicted octanol–water partition coefficient (Wildman–Crippen LogP) is -0.0553. The molecule has 59 valence electrons. The van der Waals surface area contributed by atoms with Crippen LogP contribution in [0.3, 0.4) is 0 Å². The van der Waals surface area contributed by atoms with Crippen molar-refractivity contribution in [2.24, 2.45) is 0 Å². The molecule has 0 spiro atoms. The Morgan fingerprint density at radius 2 is 1.90 bits per heavy atom. The highest BCUT2D eigenvalue weighted by atomic mass is 17.2. The van der Waals surface area contributed by atoms with Gasteiger partial charge in [0.15, 0.2) is 4.97 Å². The zero-order chi connectivity index (χ0) is 8.04. The van der Waals surface area contributed by atoms with Gasteiger partial charge in [-0.3, -0.25) is 0 Å². The molecule has 0 fully saturated rings. The lowest BCUT2D eigenvalue weighted by Crippen LogP contribution is -2.44. The largest absolute Gasteiger partial charge is 0.553 e. The van der Waals surface area contributed by atoms with E-state index < -0.39 is 4.97 Å². The number of carbonyl (C=O) groups excluding carboxylic acids is 1. The fourth-order valence-corrected chi connectivity index (χ4v) is 0.451. The molecule has 0 unspecified atom stereocenters. The SMILES string of the molecule is CCO[N+]([C]=O)(OC)OC. The highest BCUT2D eigenvalue weighted by molar-refractivity contribution is 5.35. The lowest BCUT2D eigenvalue weighted by atomic mass is 10.9. The highest BCUT2D eigenvalue weighted by Gasteiger charge is 2.34. The Morgan fingerprint density at radius 1 is 1.40 bits per heavy atom. The minimum absolute atomic E-state index is 0.302. The van der Waals surface area contributed by atoms with E-state index in [9.17, 15) is 4.79 Å². The van der Waals surface area contributed by atoms with Crippen LogP contribution >= 0.6 is 0 Å². The van der Waals surface area contributed by atoms with Crippen molar-refractivity contribution in [3.63, 3.8) is 0 Å². The minimum atomic E-state index is -1.00. The van der Waals surface area contributed by atoms with Gasteiger partial charge in [-0.15, -0.1) is 14.5 Å². The second-order valence-electron chi connectivity index (χ2n) is 1.37. The molecule has 0 aromatic heterocycles. The Morgan fingerprint density at radius 3 is 2.00 bits per heavy atom. The van der Waals surface area contributed by atoms with E-state index in [0.717, 1.165) is 0 Å². The molecule has 0 aromatic carbocycles. The second kappa shape index (κ2) is 4.35. The molecule has 0 bridgehead atoms. The molecule has 0 heterocycles. The number of rotatable bonds is 5. The van der Waals surface area contributed by atoms with Crippen LogP contribution in [0.15, 0.2) is 0 Å². The molecule has 1 amide bonds. The maximum absolute atomic E-state index is 10.2. The lowest BCUT2D eigenvalue weighted by Gasteiger charge is -2.16. The Bertz CT molecular complexity index is 102. The molecular weight excluding hydrogens is 138 g/mol. The van der Waals surface area contributed by atoms with Crippen molar-refractivity contribution in [2.45, 2.75) is 6.92 Å². The first-order valence-electron chi connectivity index (χ1n) is 2.79. The topological polar surface area (TPSA) is 44.8 Å². The van der Waals surface area contributed by atoms with Crippen molar-refractivity contribution in [2.75, 3.05) is 20.8 Å². The van der Waals surface area contributed by atoms with E-state index in [2.05, 4.69) is 9.68 Å². The van der Waals surface area contributed by atoms with E-state index >= 15 is 0 Å². The molecule has 5 heteroatoms. The third-order valence-corrected chi connectivity index (χ3v) is 0.892. The van der Waals surface area contributed by atoms with Crippen molar-refractivity contribution in [1.82, 2.24) is 0 Å². The molecule has 10 heavy (non-hydrogen) atoms. The van der Waals surface area contributed by atoms with Crippen LogP contribution in [0.4, 0.5) is 0 Å². The van der Waals surface area contributed by atoms with Crippen LogP contribution in [0.5, 0.6) is 0 Å². The number of hydrogen-bond donors (Lipinski definition) is 0. The average Bonchev–Trinajstić information content (AvgIpc) is 2.01. The van der Waals surface area contributed by atoms with Crippen LogP contribution in [-0.4, -0.2) is 32.2 Å². The van der Waals surface area contributed by atoms with Crippen LogP contribution in [0.1, 0.15) is 6.92 Å². The monoisotopic (exact) mass is 149 g/mol. The van der Waals surface area contributed by atoms with E-state index in [1.165, 1.54) is 20.6 Å². The van der Waals surface area contributed by atoms with E-state index in [-0.39, 0.29) is 0 Å². The molecule has 0 rings (SSSR count). The molecule has 0 aliphatic carbocycles. The normalized spacial score (nSPS) is 11.5. The zero-order valence-electron chi connectivity index (χ0n) is 6.29. The molecule has 5 nitrogen and oxygen atoms in total. The van der Waals surface area contributed by atoms with Gasteiger partial charge in [0.05, 0.1) is 0 Å². The number of amides is 1. The smallest absolute Gasteiger partial charge is 0.204 e. The van der Waals surface area contributed by atoms with Crippen LogP contribution in [0.2, 0.25) is 0 Å². The van der Waals surface area contributed by atoms with Gasteiger partial charge in [0.1, 0.15) is 20.8 Å². The van der Waals surface area contributed by atoms with Gasteiger partial charge in [-0.25, -0.2) is 4.79 Å². The summed E-state index contributed by atoms with van der Waals surface area (Å²) < 4.78 is 0. The summed E-state index contributed by atoms with van der Waals surface area (Å²) in [5.74, 6) is 0. The van der Waals surface area contributed by atoms with Crippen molar-refractivity contribution in [3.05, 3.63) is 0 Å². The summed E-state index contributed by atoms with van der Waals surface area (Å²) in [7, 11) is 2.56. The quantitative estimate of drug-likeness (QED) is 0.406. The summed E-state index contributed by atoms with van der Waals surface area (Å²) in [6.45, 7) is 2.01. The maximum atomic E-state index is 10.2. The summed E-state index contributed by atoms with van der Waals surface area (Å²) in [4.78, 5) is 23.0. The molecule has 0 aliphatic rings. The van der Waals surface area contributed by atoms with Gasteiger partial charge in [-0.2, -0.15) is 0 Å². The Hall–Kier alpha value is -0.490. The van der Waals surface area contributed by atoms with Crippen molar-refractivity contribution in [3.8, 4) is 0 Å². The van der Waals surface area contributed by atoms with Gasteiger partial charge in [0.25, 0.3) is 0 Å². The van der Waals surface area contributed by atoms with Gasteiger partial charge in [-0.05, 0) is 6.92 Å². The summed E-state index contributed by atoms with van der Waals surface area (Å²) in [6.07, 6.45) is 1.44. The summed E-state index contributed by atoms with van der Waals surface area (Å²) >= 11 is 0.